The van der Waals surface area contributed by atoms with E-state index >= 15 is 0 Å². The van der Waals surface area contributed by atoms with Gasteiger partial charge in [-0.25, -0.2) is 0 Å². The van der Waals surface area contributed by atoms with Crippen molar-refractivity contribution in [2.45, 2.75) is 245 Å². The summed E-state index contributed by atoms with van der Waals surface area (Å²) in [5.74, 6) is -0.908. The molecule has 0 aliphatic rings. The average molecular weight is 773 g/mol. The Morgan fingerprint density at radius 3 is 0.964 bits per heavy atom. The minimum Gasteiger partial charge on any atom is -0.462 e. The summed E-state index contributed by atoms with van der Waals surface area (Å²) in [6.45, 7) is 6.53. The van der Waals surface area contributed by atoms with Crippen molar-refractivity contribution >= 4 is 17.9 Å². The minimum atomic E-state index is -0.778. The molecule has 0 heterocycles. The van der Waals surface area contributed by atoms with E-state index in [1.54, 1.807) is 0 Å². The lowest BCUT2D eigenvalue weighted by atomic mass is 10.1. The molecule has 6 nitrogen and oxygen atoms in total. The number of hydrogen-bond donors (Lipinski definition) is 0. The van der Waals surface area contributed by atoms with Crippen LogP contribution in [0.15, 0.2) is 36.5 Å². The maximum atomic E-state index is 12.7. The van der Waals surface area contributed by atoms with Gasteiger partial charge in [0, 0.05) is 19.3 Å². The third kappa shape index (κ3) is 42.6. The highest BCUT2D eigenvalue weighted by Crippen LogP contribution is 2.13. The molecule has 6 heteroatoms. The van der Waals surface area contributed by atoms with Gasteiger partial charge in [0.15, 0.2) is 6.10 Å². The molecule has 0 saturated heterocycles. The lowest BCUT2D eigenvalue weighted by Crippen LogP contribution is -2.30. The Morgan fingerprint density at radius 1 is 0.345 bits per heavy atom. The fourth-order valence-electron chi connectivity index (χ4n) is 6.46. The normalized spacial score (nSPS) is 12.3. The van der Waals surface area contributed by atoms with Crippen LogP contribution in [0.3, 0.4) is 0 Å². The number of hydrogen-bond acceptors (Lipinski definition) is 6. The van der Waals surface area contributed by atoms with Crippen LogP contribution >= 0.6 is 0 Å². The summed E-state index contributed by atoms with van der Waals surface area (Å²) < 4.78 is 16.7. The summed E-state index contributed by atoms with van der Waals surface area (Å²) in [5.41, 5.74) is 0. The second-order valence-corrected chi connectivity index (χ2v) is 15.7. The topological polar surface area (TPSA) is 78.9 Å². The van der Waals surface area contributed by atoms with Crippen LogP contribution in [-0.4, -0.2) is 37.2 Å². The molecule has 0 bridgehead atoms. The molecule has 0 aromatic carbocycles. The third-order valence-corrected chi connectivity index (χ3v) is 10.1. The zero-order valence-corrected chi connectivity index (χ0v) is 36.4. The van der Waals surface area contributed by atoms with Crippen molar-refractivity contribution in [1.82, 2.24) is 0 Å². The van der Waals surface area contributed by atoms with Crippen molar-refractivity contribution in [1.29, 1.82) is 0 Å². The molecule has 0 aliphatic carbocycles. The summed E-state index contributed by atoms with van der Waals surface area (Å²) >= 11 is 0. The van der Waals surface area contributed by atoms with E-state index in [2.05, 4.69) is 57.2 Å². The van der Waals surface area contributed by atoms with Crippen molar-refractivity contribution in [2.24, 2.45) is 0 Å². The van der Waals surface area contributed by atoms with Gasteiger partial charge >= 0.3 is 17.9 Å². The second-order valence-electron chi connectivity index (χ2n) is 15.7. The third-order valence-electron chi connectivity index (χ3n) is 10.1. The molecule has 0 spiro atoms. The maximum absolute atomic E-state index is 12.7. The monoisotopic (exact) mass is 773 g/mol. The van der Waals surface area contributed by atoms with Crippen LogP contribution in [0, 0.1) is 0 Å². The lowest BCUT2D eigenvalue weighted by molar-refractivity contribution is -0.167. The van der Waals surface area contributed by atoms with Gasteiger partial charge in [-0.05, 0) is 83.5 Å². The highest BCUT2D eigenvalue weighted by molar-refractivity contribution is 5.71. The van der Waals surface area contributed by atoms with Crippen molar-refractivity contribution in [2.75, 3.05) is 13.2 Å². The quantitative estimate of drug-likeness (QED) is 0.0266. The van der Waals surface area contributed by atoms with Crippen LogP contribution in [0.25, 0.3) is 0 Å². The molecule has 0 N–H and O–H groups in total. The van der Waals surface area contributed by atoms with Crippen LogP contribution in [0.1, 0.15) is 239 Å². The largest absolute Gasteiger partial charge is 0.462 e. The predicted octanol–water partition coefficient (Wildman–Crippen LogP) is 15.0. The van der Waals surface area contributed by atoms with Crippen LogP contribution in [0.5, 0.6) is 0 Å². The van der Waals surface area contributed by atoms with E-state index in [-0.39, 0.29) is 31.1 Å². The van der Waals surface area contributed by atoms with Gasteiger partial charge in [0.2, 0.25) is 0 Å². The van der Waals surface area contributed by atoms with Gasteiger partial charge in [0.25, 0.3) is 0 Å². The molecule has 0 rings (SSSR count). The number of allylic oxidation sites excluding steroid dienone is 6. The van der Waals surface area contributed by atoms with E-state index in [1.807, 2.05) is 0 Å². The van der Waals surface area contributed by atoms with Gasteiger partial charge in [0.1, 0.15) is 13.2 Å². The van der Waals surface area contributed by atoms with Crippen LogP contribution in [0.2, 0.25) is 0 Å². The SMILES string of the molecule is CCCC/C=C\CCCCCCCC(=O)OCC(COC(=O)CCCCCCC/C=C\CCCCCCCC)OC(=O)CCCCCCC/C=C\CCCC. The Balaban J connectivity index is 4.37. The molecular formula is C49H88O6. The van der Waals surface area contributed by atoms with E-state index in [0.29, 0.717) is 19.3 Å². The maximum Gasteiger partial charge on any atom is 0.306 e. The van der Waals surface area contributed by atoms with Gasteiger partial charge in [-0.2, -0.15) is 0 Å². The lowest BCUT2D eigenvalue weighted by Gasteiger charge is -2.18. The van der Waals surface area contributed by atoms with Crippen molar-refractivity contribution in [3.8, 4) is 0 Å². The van der Waals surface area contributed by atoms with E-state index in [0.717, 1.165) is 83.5 Å². The van der Waals surface area contributed by atoms with E-state index in [1.165, 1.54) is 116 Å². The summed E-state index contributed by atoms with van der Waals surface area (Å²) in [6, 6.07) is 0. The van der Waals surface area contributed by atoms with Gasteiger partial charge < -0.3 is 14.2 Å². The molecule has 0 amide bonds. The van der Waals surface area contributed by atoms with Crippen molar-refractivity contribution < 1.29 is 28.6 Å². The first kappa shape index (κ1) is 52.6. The molecular weight excluding hydrogens is 685 g/mol. The first-order valence-electron chi connectivity index (χ1n) is 23.5. The van der Waals surface area contributed by atoms with Gasteiger partial charge in [0.05, 0.1) is 0 Å². The van der Waals surface area contributed by atoms with Crippen molar-refractivity contribution in [3.63, 3.8) is 0 Å². The van der Waals surface area contributed by atoms with Crippen LogP contribution < -0.4 is 0 Å². The Kier molecular flexibility index (Phi) is 42.4. The van der Waals surface area contributed by atoms with Crippen LogP contribution in [-0.2, 0) is 28.6 Å². The number of carbonyl (C=O) groups is 3. The highest BCUT2D eigenvalue weighted by Gasteiger charge is 2.19. The number of carbonyl (C=O) groups excluding carboxylic acids is 3. The number of esters is 3. The minimum absolute atomic E-state index is 0.0818. The molecule has 1 atom stereocenters. The fourth-order valence-corrected chi connectivity index (χ4v) is 6.46. The zero-order valence-electron chi connectivity index (χ0n) is 36.4. The molecule has 0 radical (unpaired) electrons. The summed E-state index contributed by atoms with van der Waals surface area (Å²) in [4.78, 5) is 37.7. The van der Waals surface area contributed by atoms with E-state index in [9.17, 15) is 14.4 Å². The van der Waals surface area contributed by atoms with Crippen LogP contribution in [0.4, 0.5) is 0 Å². The van der Waals surface area contributed by atoms with Crippen molar-refractivity contribution in [3.05, 3.63) is 36.5 Å². The van der Waals surface area contributed by atoms with Gasteiger partial charge in [-0.3, -0.25) is 14.4 Å². The molecule has 0 aromatic heterocycles. The molecule has 0 aromatic rings. The Labute approximate surface area is 340 Å². The van der Waals surface area contributed by atoms with E-state index in [4.69, 9.17) is 14.2 Å². The smallest absolute Gasteiger partial charge is 0.306 e. The Morgan fingerprint density at radius 2 is 0.618 bits per heavy atom. The zero-order chi connectivity index (χ0) is 40.1. The number of unbranched alkanes of at least 4 members (excludes halogenated alkanes) is 25. The summed E-state index contributed by atoms with van der Waals surface area (Å²) in [7, 11) is 0. The first-order chi connectivity index (χ1) is 27.0. The molecule has 55 heavy (non-hydrogen) atoms. The molecule has 0 fully saturated rings. The molecule has 0 aliphatic heterocycles. The summed E-state index contributed by atoms with van der Waals surface area (Å²) in [5, 5.41) is 0. The van der Waals surface area contributed by atoms with Gasteiger partial charge in [-0.1, -0.05) is 173 Å². The second kappa shape index (κ2) is 44.3. The van der Waals surface area contributed by atoms with Gasteiger partial charge in [-0.15, -0.1) is 0 Å². The molecule has 0 saturated carbocycles. The first-order valence-corrected chi connectivity index (χ1v) is 23.5. The number of rotatable bonds is 42. The Hall–Kier alpha value is -2.37. The fraction of sp³-hybridized carbons (Fsp3) is 0.816. The van der Waals surface area contributed by atoms with E-state index < -0.39 is 6.10 Å². The highest BCUT2D eigenvalue weighted by atomic mass is 16.6. The summed E-state index contributed by atoms with van der Waals surface area (Å²) in [6.07, 6.45) is 49.8. The predicted molar refractivity (Wildman–Crippen MR) is 233 cm³/mol. The Bertz CT molecular complexity index is 938. The number of ether oxygens (including phenoxy) is 3. The standard InChI is InChI=1S/C49H88O6/c1-4-7-10-13-16-19-22-23-24-25-28-30-33-36-39-42-48(51)54-45-46(55-49(52)43-40-37-34-31-27-21-18-15-12-9-6-3)44-53-47(50)41-38-35-32-29-26-20-17-14-11-8-5-2/h14-15,17-18,23-24,46H,4-13,16,19-22,25-45H2,1-3H3/b17-14-,18-15-,24-23-. The molecule has 320 valence electrons. The molecule has 1 unspecified atom stereocenters. The average Bonchev–Trinajstić information content (AvgIpc) is 3.18.